The van der Waals surface area contributed by atoms with Gasteiger partial charge >= 0.3 is 0 Å². The summed E-state index contributed by atoms with van der Waals surface area (Å²) in [5.41, 5.74) is 5.97. The van der Waals surface area contributed by atoms with Crippen molar-refractivity contribution in [2.45, 2.75) is 53.4 Å². The van der Waals surface area contributed by atoms with E-state index < -0.39 is 0 Å². The third-order valence-corrected chi connectivity index (χ3v) is 3.41. The van der Waals surface area contributed by atoms with Gasteiger partial charge in [0.15, 0.2) is 0 Å². The van der Waals surface area contributed by atoms with Crippen LogP contribution in [0.15, 0.2) is 47.6 Å². The first-order valence-corrected chi connectivity index (χ1v) is 7.25. The molecule has 18 heavy (non-hydrogen) atoms. The molecule has 0 bridgehead atoms. The Kier molecular flexibility index (Phi) is 6.49. The van der Waals surface area contributed by atoms with E-state index in [4.69, 9.17) is 0 Å². The molecular weight excluding hydrogens is 216 g/mol. The highest BCUT2D eigenvalue weighted by molar-refractivity contribution is 5.72. The average molecular weight is 242 g/mol. The summed E-state index contributed by atoms with van der Waals surface area (Å²) in [6, 6.07) is 10.8. The van der Waals surface area contributed by atoms with Crippen LogP contribution >= 0.6 is 0 Å². The maximum absolute atomic E-state index is 2.39. The van der Waals surface area contributed by atoms with Crippen LogP contribution in [0.2, 0.25) is 0 Å². The van der Waals surface area contributed by atoms with Gasteiger partial charge in [0.05, 0.1) is 0 Å². The SMILES string of the molecule is CC/C=C(CC)/C(CC)=C(\CC)c1ccccc1. The smallest absolute Gasteiger partial charge is 0.0222 e. The van der Waals surface area contributed by atoms with Crippen molar-refractivity contribution < 1.29 is 0 Å². The summed E-state index contributed by atoms with van der Waals surface area (Å²) in [7, 11) is 0. The highest BCUT2D eigenvalue weighted by atomic mass is 14.1. The van der Waals surface area contributed by atoms with Crippen molar-refractivity contribution in [2.75, 3.05) is 0 Å². The standard InChI is InChI=1S/C18H26/c1-5-12-15(6-2)17(7-3)18(8-4)16-13-10-9-11-14-16/h9-14H,5-8H2,1-4H3/b15-12+,18-17+. The molecule has 0 saturated carbocycles. The van der Waals surface area contributed by atoms with Crippen molar-refractivity contribution in [3.05, 3.63) is 53.1 Å². The van der Waals surface area contributed by atoms with E-state index in [2.05, 4.69) is 64.1 Å². The van der Waals surface area contributed by atoms with Gasteiger partial charge in [0, 0.05) is 0 Å². The lowest BCUT2D eigenvalue weighted by atomic mass is 9.89. The third-order valence-electron chi connectivity index (χ3n) is 3.41. The number of rotatable bonds is 6. The summed E-state index contributed by atoms with van der Waals surface area (Å²) in [4.78, 5) is 0. The fourth-order valence-corrected chi connectivity index (χ4v) is 2.59. The van der Waals surface area contributed by atoms with Gasteiger partial charge in [-0.15, -0.1) is 0 Å². The van der Waals surface area contributed by atoms with E-state index in [1.807, 2.05) is 0 Å². The number of hydrogen-bond acceptors (Lipinski definition) is 0. The fraction of sp³-hybridized carbons (Fsp3) is 0.444. The second kappa shape index (κ2) is 7.92. The molecule has 98 valence electrons. The van der Waals surface area contributed by atoms with Crippen LogP contribution in [-0.2, 0) is 0 Å². The zero-order valence-corrected chi connectivity index (χ0v) is 12.3. The number of benzene rings is 1. The summed E-state index contributed by atoms with van der Waals surface area (Å²) in [6.07, 6.45) is 6.87. The van der Waals surface area contributed by atoms with Crippen molar-refractivity contribution in [1.82, 2.24) is 0 Å². The topological polar surface area (TPSA) is 0 Å². The van der Waals surface area contributed by atoms with Crippen LogP contribution in [0.4, 0.5) is 0 Å². The zero-order valence-electron chi connectivity index (χ0n) is 12.3. The summed E-state index contributed by atoms with van der Waals surface area (Å²) in [6.45, 7) is 9.01. The molecule has 0 aliphatic carbocycles. The van der Waals surface area contributed by atoms with E-state index in [1.54, 1.807) is 5.57 Å². The van der Waals surface area contributed by atoms with Crippen molar-refractivity contribution in [1.29, 1.82) is 0 Å². The molecule has 0 radical (unpaired) electrons. The minimum absolute atomic E-state index is 1.11. The van der Waals surface area contributed by atoms with Crippen molar-refractivity contribution in [3.8, 4) is 0 Å². The summed E-state index contributed by atoms with van der Waals surface area (Å²) in [5.74, 6) is 0. The van der Waals surface area contributed by atoms with Gasteiger partial charge in [-0.1, -0.05) is 64.1 Å². The fourth-order valence-electron chi connectivity index (χ4n) is 2.59. The molecule has 0 saturated heterocycles. The summed E-state index contributed by atoms with van der Waals surface area (Å²) >= 11 is 0. The van der Waals surface area contributed by atoms with Gasteiger partial charge in [-0.05, 0) is 48.0 Å². The molecular formula is C18H26. The average Bonchev–Trinajstić information content (AvgIpc) is 2.43. The quantitative estimate of drug-likeness (QED) is 0.536. The Morgan fingerprint density at radius 1 is 0.889 bits per heavy atom. The monoisotopic (exact) mass is 242 g/mol. The predicted molar refractivity (Wildman–Crippen MR) is 82.6 cm³/mol. The maximum Gasteiger partial charge on any atom is -0.0222 e. The highest BCUT2D eigenvalue weighted by Crippen LogP contribution is 2.30. The van der Waals surface area contributed by atoms with Crippen LogP contribution in [0.3, 0.4) is 0 Å². The van der Waals surface area contributed by atoms with Crippen LogP contribution in [-0.4, -0.2) is 0 Å². The van der Waals surface area contributed by atoms with Crippen LogP contribution in [0.5, 0.6) is 0 Å². The molecule has 0 aliphatic rings. The molecule has 0 heteroatoms. The second-order valence-electron chi connectivity index (χ2n) is 4.52. The molecule has 0 aromatic heterocycles. The number of allylic oxidation sites excluding steroid dienone is 4. The molecule has 0 spiro atoms. The first kappa shape index (κ1) is 14.8. The molecule has 1 aromatic rings. The minimum atomic E-state index is 1.11. The van der Waals surface area contributed by atoms with E-state index in [-0.39, 0.29) is 0 Å². The van der Waals surface area contributed by atoms with Crippen LogP contribution in [0.25, 0.3) is 5.57 Å². The van der Waals surface area contributed by atoms with Gasteiger partial charge < -0.3 is 0 Å². The first-order valence-electron chi connectivity index (χ1n) is 7.25. The van der Waals surface area contributed by atoms with E-state index in [0.29, 0.717) is 0 Å². The van der Waals surface area contributed by atoms with E-state index in [9.17, 15) is 0 Å². The van der Waals surface area contributed by atoms with Gasteiger partial charge in [-0.2, -0.15) is 0 Å². The molecule has 1 aromatic carbocycles. The molecule has 1 rings (SSSR count). The molecule has 0 fully saturated rings. The molecule has 0 unspecified atom stereocenters. The highest BCUT2D eigenvalue weighted by Gasteiger charge is 2.09. The first-order chi connectivity index (χ1) is 8.78. The Morgan fingerprint density at radius 2 is 1.56 bits per heavy atom. The van der Waals surface area contributed by atoms with Crippen molar-refractivity contribution >= 4 is 5.57 Å². The minimum Gasteiger partial charge on any atom is -0.0813 e. The maximum atomic E-state index is 2.39. The van der Waals surface area contributed by atoms with Crippen molar-refractivity contribution in [3.63, 3.8) is 0 Å². The van der Waals surface area contributed by atoms with Crippen molar-refractivity contribution in [2.24, 2.45) is 0 Å². The lowest BCUT2D eigenvalue weighted by Gasteiger charge is -2.16. The lowest BCUT2D eigenvalue weighted by Crippen LogP contribution is -1.95. The molecule has 0 amide bonds. The van der Waals surface area contributed by atoms with Gasteiger partial charge in [0.25, 0.3) is 0 Å². The predicted octanol–water partition coefficient (Wildman–Crippen LogP) is 6.01. The normalized spacial score (nSPS) is 13.4. The molecule has 0 aliphatic heterocycles. The second-order valence-corrected chi connectivity index (χ2v) is 4.52. The van der Waals surface area contributed by atoms with Crippen LogP contribution in [0.1, 0.15) is 58.9 Å². The Hall–Kier alpha value is -1.30. The number of hydrogen-bond donors (Lipinski definition) is 0. The molecule has 0 nitrogen and oxygen atoms in total. The Bertz CT molecular complexity index is 407. The lowest BCUT2D eigenvalue weighted by molar-refractivity contribution is 0.993. The third kappa shape index (κ3) is 3.60. The van der Waals surface area contributed by atoms with Gasteiger partial charge in [-0.25, -0.2) is 0 Å². The molecule has 0 N–H and O–H groups in total. The summed E-state index contributed by atoms with van der Waals surface area (Å²) < 4.78 is 0. The van der Waals surface area contributed by atoms with Gasteiger partial charge in [-0.3, -0.25) is 0 Å². The van der Waals surface area contributed by atoms with Gasteiger partial charge in [0.1, 0.15) is 0 Å². The van der Waals surface area contributed by atoms with Crippen LogP contribution < -0.4 is 0 Å². The Morgan fingerprint density at radius 3 is 2.00 bits per heavy atom. The van der Waals surface area contributed by atoms with Crippen LogP contribution in [0, 0.1) is 0 Å². The van der Waals surface area contributed by atoms with E-state index in [0.717, 1.165) is 25.7 Å². The summed E-state index contributed by atoms with van der Waals surface area (Å²) in [5, 5.41) is 0. The van der Waals surface area contributed by atoms with E-state index in [1.165, 1.54) is 16.7 Å². The Labute approximate surface area is 112 Å². The van der Waals surface area contributed by atoms with E-state index >= 15 is 0 Å². The van der Waals surface area contributed by atoms with Gasteiger partial charge in [0.2, 0.25) is 0 Å². The Balaban J connectivity index is 3.29. The molecule has 0 atom stereocenters. The largest absolute Gasteiger partial charge is 0.0813 e. The molecule has 0 heterocycles. The zero-order chi connectivity index (χ0) is 13.4.